The summed E-state index contributed by atoms with van der Waals surface area (Å²) in [6.07, 6.45) is 3.29. The van der Waals surface area contributed by atoms with Crippen molar-refractivity contribution >= 4 is 12.0 Å². The van der Waals surface area contributed by atoms with Crippen LogP contribution in [0.15, 0.2) is 53.5 Å². The zero-order valence-electron chi connectivity index (χ0n) is 14.1. The van der Waals surface area contributed by atoms with Gasteiger partial charge in [-0.1, -0.05) is 30.3 Å². The highest BCUT2D eigenvalue weighted by molar-refractivity contribution is 6.06. The van der Waals surface area contributed by atoms with Gasteiger partial charge in [0.2, 0.25) is 0 Å². The number of carbonyl (C=O) groups excluding carboxylic acids is 1. The number of aromatic nitrogens is 4. The number of rotatable bonds is 7. The number of carbonyl (C=O) groups is 1. The van der Waals surface area contributed by atoms with Gasteiger partial charge < -0.3 is 4.74 Å². The first-order chi connectivity index (χ1) is 12.8. The first-order valence-corrected chi connectivity index (χ1v) is 8.48. The summed E-state index contributed by atoms with van der Waals surface area (Å²) < 4.78 is 7.58. The van der Waals surface area contributed by atoms with Crippen LogP contribution in [-0.2, 0) is 11.3 Å². The fourth-order valence-corrected chi connectivity index (χ4v) is 2.83. The van der Waals surface area contributed by atoms with Crippen LogP contribution in [0.25, 0.3) is 17.5 Å². The van der Waals surface area contributed by atoms with Crippen molar-refractivity contribution in [1.82, 2.24) is 20.2 Å². The Labute approximate surface area is 149 Å². The Morgan fingerprint density at radius 1 is 1.04 bits per heavy atom. The van der Waals surface area contributed by atoms with E-state index < -0.39 is 0 Å². The molecule has 1 amide bonds. The molecule has 2 heterocycles. The van der Waals surface area contributed by atoms with E-state index in [-0.39, 0.29) is 5.91 Å². The quantitative estimate of drug-likeness (QED) is 0.599. The standard InChI is InChI=1S/C19H17N5O2/c25-18-13-15-12-16(8-9-17(15)20-18)26-11-5-4-10-24-19(21-22-23-24)14-6-2-1-3-7-14/h1-3,6-9,12-13H,4-5,10-11H2. The number of tetrazole rings is 1. The summed E-state index contributed by atoms with van der Waals surface area (Å²) in [5.74, 6) is 1.30. The number of nitrogens with zero attached hydrogens (tertiary/aromatic N) is 5. The van der Waals surface area contributed by atoms with Gasteiger partial charge in [0.15, 0.2) is 5.82 Å². The normalized spacial score (nSPS) is 12.4. The number of hydrogen-bond donors (Lipinski definition) is 0. The third-order valence-corrected chi connectivity index (χ3v) is 4.11. The Kier molecular flexibility index (Phi) is 4.51. The van der Waals surface area contributed by atoms with Crippen LogP contribution in [0.2, 0.25) is 0 Å². The van der Waals surface area contributed by atoms with Crippen LogP contribution in [0.4, 0.5) is 0 Å². The summed E-state index contributed by atoms with van der Waals surface area (Å²) in [5, 5.41) is 13.5. The highest BCUT2D eigenvalue weighted by Gasteiger charge is 2.08. The minimum Gasteiger partial charge on any atom is -0.494 e. The minimum absolute atomic E-state index is 0.215. The Bertz CT molecular complexity index is 1040. The molecule has 0 atom stereocenters. The summed E-state index contributed by atoms with van der Waals surface area (Å²) in [6, 6.07) is 15.4. The molecular weight excluding hydrogens is 330 g/mol. The predicted octanol–water partition coefficient (Wildman–Crippen LogP) is 1.14. The van der Waals surface area contributed by atoms with Crippen molar-refractivity contribution in [3.05, 3.63) is 59.1 Å². The Morgan fingerprint density at radius 2 is 1.92 bits per heavy atom. The van der Waals surface area contributed by atoms with Gasteiger partial charge in [-0.2, -0.15) is 0 Å². The van der Waals surface area contributed by atoms with E-state index in [4.69, 9.17) is 4.74 Å². The molecule has 7 heteroatoms. The third-order valence-electron chi connectivity index (χ3n) is 4.11. The highest BCUT2D eigenvalue weighted by Crippen LogP contribution is 2.15. The topological polar surface area (TPSA) is 82.3 Å². The molecule has 7 nitrogen and oxygen atoms in total. The van der Waals surface area contributed by atoms with Crippen LogP contribution in [0, 0.1) is 0 Å². The maximum atomic E-state index is 11.3. The molecule has 0 aliphatic carbocycles. The van der Waals surface area contributed by atoms with Gasteiger partial charge in [-0.3, -0.25) is 4.79 Å². The first kappa shape index (κ1) is 16.1. The van der Waals surface area contributed by atoms with Crippen LogP contribution in [0.5, 0.6) is 5.75 Å². The Morgan fingerprint density at radius 3 is 2.81 bits per heavy atom. The van der Waals surface area contributed by atoms with Crippen molar-refractivity contribution in [2.75, 3.05) is 6.61 Å². The molecule has 26 heavy (non-hydrogen) atoms. The van der Waals surface area contributed by atoms with Crippen LogP contribution in [0.1, 0.15) is 12.8 Å². The van der Waals surface area contributed by atoms with Gasteiger partial charge in [0.1, 0.15) is 5.75 Å². The molecule has 0 bridgehead atoms. The maximum absolute atomic E-state index is 11.3. The molecule has 0 saturated carbocycles. The largest absolute Gasteiger partial charge is 0.494 e. The molecule has 130 valence electrons. The van der Waals surface area contributed by atoms with Gasteiger partial charge in [-0.05, 0) is 41.5 Å². The molecule has 1 aliphatic rings. The van der Waals surface area contributed by atoms with Crippen molar-refractivity contribution < 1.29 is 9.53 Å². The van der Waals surface area contributed by atoms with E-state index in [9.17, 15) is 4.79 Å². The number of hydrogen-bond acceptors (Lipinski definition) is 5. The average Bonchev–Trinajstić information content (AvgIpc) is 3.27. The zero-order valence-corrected chi connectivity index (χ0v) is 14.1. The average molecular weight is 347 g/mol. The molecule has 0 N–H and O–H groups in total. The minimum atomic E-state index is -0.215. The monoisotopic (exact) mass is 347 g/mol. The van der Waals surface area contributed by atoms with E-state index in [1.807, 2.05) is 47.1 Å². The lowest BCUT2D eigenvalue weighted by atomic mass is 10.2. The summed E-state index contributed by atoms with van der Waals surface area (Å²) in [5.41, 5.74) is 1.00. The number of unbranched alkanes of at least 4 members (excludes halogenated alkanes) is 1. The summed E-state index contributed by atoms with van der Waals surface area (Å²) in [4.78, 5) is 15.2. The lowest BCUT2D eigenvalue weighted by Crippen LogP contribution is -2.20. The third kappa shape index (κ3) is 3.51. The molecule has 0 unspecified atom stereocenters. The van der Waals surface area contributed by atoms with Crippen molar-refractivity contribution in [3.63, 3.8) is 0 Å². The number of fused-ring (bicyclic) bond motifs is 1. The first-order valence-electron chi connectivity index (χ1n) is 8.48. The molecule has 0 radical (unpaired) electrons. The number of ether oxygens (including phenoxy) is 1. The van der Waals surface area contributed by atoms with Crippen LogP contribution < -0.4 is 15.3 Å². The van der Waals surface area contributed by atoms with Gasteiger partial charge in [0.05, 0.1) is 12.0 Å². The van der Waals surface area contributed by atoms with Crippen molar-refractivity contribution in [2.45, 2.75) is 19.4 Å². The van der Waals surface area contributed by atoms with Crippen LogP contribution in [-0.4, -0.2) is 32.7 Å². The van der Waals surface area contributed by atoms with Gasteiger partial charge in [-0.25, -0.2) is 9.67 Å². The van der Waals surface area contributed by atoms with Crippen molar-refractivity contribution in [3.8, 4) is 17.1 Å². The second-order valence-electron chi connectivity index (χ2n) is 5.96. The molecule has 0 spiro atoms. The molecule has 1 aliphatic heterocycles. The molecular formula is C19H17N5O2. The Balaban J connectivity index is 1.29. The smallest absolute Gasteiger partial charge is 0.270 e. The van der Waals surface area contributed by atoms with E-state index in [1.165, 1.54) is 6.08 Å². The summed E-state index contributed by atoms with van der Waals surface area (Å²) >= 11 is 0. The fourth-order valence-electron chi connectivity index (χ4n) is 2.83. The molecule has 4 rings (SSSR count). The van der Waals surface area contributed by atoms with E-state index in [2.05, 4.69) is 20.5 Å². The fraction of sp³-hybridized carbons (Fsp3) is 0.211. The second-order valence-corrected chi connectivity index (χ2v) is 5.96. The van der Waals surface area contributed by atoms with Gasteiger partial charge in [0, 0.05) is 23.4 Å². The predicted molar refractivity (Wildman–Crippen MR) is 94.7 cm³/mol. The molecule has 3 aromatic rings. The van der Waals surface area contributed by atoms with Crippen LogP contribution >= 0.6 is 0 Å². The Hall–Kier alpha value is -3.35. The lowest BCUT2D eigenvalue weighted by Gasteiger charge is -2.07. The zero-order chi connectivity index (χ0) is 17.8. The SMILES string of the molecule is O=C1C=c2cc(OCCCCn3nnnc3-c3ccccc3)ccc2=N1. The summed E-state index contributed by atoms with van der Waals surface area (Å²) in [7, 11) is 0. The van der Waals surface area contributed by atoms with Gasteiger partial charge in [0.25, 0.3) is 5.91 Å². The van der Waals surface area contributed by atoms with Crippen molar-refractivity contribution in [1.29, 1.82) is 0 Å². The maximum Gasteiger partial charge on any atom is 0.270 e. The molecule has 0 fully saturated rings. The summed E-state index contributed by atoms with van der Waals surface area (Å²) in [6.45, 7) is 1.32. The van der Waals surface area contributed by atoms with Crippen molar-refractivity contribution in [2.24, 2.45) is 4.99 Å². The van der Waals surface area contributed by atoms with E-state index in [0.29, 0.717) is 12.0 Å². The van der Waals surface area contributed by atoms with E-state index in [1.54, 1.807) is 6.07 Å². The number of aryl methyl sites for hydroxylation is 1. The number of amides is 1. The molecule has 2 aromatic carbocycles. The molecule has 1 aromatic heterocycles. The molecule has 0 saturated heterocycles. The van der Waals surface area contributed by atoms with E-state index >= 15 is 0 Å². The second kappa shape index (κ2) is 7.26. The number of benzene rings is 2. The van der Waals surface area contributed by atoms with Gasteiger partial charge >= 0.3 is 0 Å². The van der Waals surface area contributed by atoms with Crippen LogP contribution in [0.3, 0.4) is 0 Å². The van der Waals surface area contributed by atoms with E-state index in [0.717, 1.165) is 41.7 Å². The highest BCUT2D eigenvalue weighted by atomic mass is 16.5. The lowest BCUT2D eigenvalue weighted by molar-refractivity contribution is -0.112. The van der Waals surface area contributed by atoms with Gasteiger partial charge in [-0.15, -0.1) is 5.10 Å².